The van der Waals surface area contributed by atoms with Gasteiger partial charge in [0.1, 0.15) is 11.7 Å². The summed E-state index contributed by atoms with van der Waals surface area (Å²) >= 11 is 0. The van der Waals surface area contributed by atoms with E-state index in [0.717, 1.165) is 18.5 Å². The Morgan fingerprint density at radius 3 is 2.85 bits per heavy atom. The van der Waals surface area contributed by atoms with Gasteiger partial charge in [-0.3, -0.25) is 9.48 Å². The van der Waals surface area contributed by atoms with Crippen molar-refractivity contribution in [2.75, 3.05) is 13.7 Å². The number of esters is 1. The van der Waals surface area contributed by atoms with Crippen LogP contribution in [0, 0.1) is 6.92 Å². The number of amides is 1. The topological polar surface area (TPSA) is 64.4 Å². The van der Waals surface area contributed by atoms with E-state index in [2.05, 4.69) is 5.10 Å². The summed E-state index contributed by atoms with van der Waals surface area (Å²) in [5.41, 5.74) is 1.35. The lowest BCUT2D eigenvalue weighted by atomic mass is 10.0. The highest BCUT2D eigenvalue weighted by molar-refractivity contribution is 5.95. The summed E-state index contributed by atoms with van der Waals surface area (Å²) in [7, 11) is 1.36. The van der Waals surface area contributed by atoms with Gasteiger partial charge in [0, 0.05) is 13.1 Å². The molecule has 1 atom stereocenters. The Morgan fingerprint density at radius 2 is 2.20 bits per heavy atom. The number of carbonyl (C=O) groups is 2. The molecule has 1 saturated heterocycles. The van der Waals surface area contributed by atoms with E-state index >= 15 is 0 Å². The summed E-state index contributed by atoms with van der Waals surface area (Å²) in [6.07, 6.45) is 2.52. The lowest BCUT2D eigenvalue weighted by Gasteiger charge is -2.33. The summed E-state index contributed by atoms with van der Waals surface area (Å²) in [4.78, 5) is 26.1. The predicted octanol–water partition coefficient (Wildman–Crippen LogP) is 1.38. The Balaban J connectivity index is 2.27. The van der Waals surface area contributed by atoms with Crippen molar-refractivity contribution in [3.63, 3.8) is 0 Å². The second-order valence-electron chi connectivity index (χ2n) is 5.02. The molecule has 0 aromatic carbocycles. The van der Waals surface area contributed by atoms with E-state index in [-0.39, 0.29) is 11.9 Å². The molecule has 1 aliphatic heterocycles. The van der Waals surface area contributed by atoms with Gasteiger partial charge in [-0.05, 0) is 39.2 Å². The second-order valence-corrected chi connectivity index (χ2v) is 5.02. The number of ether oxygens (including phenoxy) is 1. The lowest BCUT2D eigenvalue weighted by Crippen LogP contribution is -2.48. The zero-order valence-corrected chi connectivity index (χ0v) is 12.3. The number of methoxy groups -OCH3 is 1. The van der Waals surface area contributed by atoms with Crippen LogP contribution in [0.25, 0.3) is 0 Å². The van der Waals surface area contributed by atoms with E-state index in [1.807, 2.05) is 13.8 Å². The Hall–Kier alpha value is -1.85. The van der Waals surface area contributed by atoms with Gasteiger partial charge in [0.05, 0.1) is 12.8 Å². The van der Waals surface area contributed by atoms with E-state index in [0.29, 0.717) is 25.2 Å². The number of nitrogens with zero attached hydrogens (tertiary/aromatic N) is 3. The van der Waals surface area contributed by atoms with Crippen LogP contribution in [-0.4, -0.2) is 46.3 Å². The quantitative estimate of drug-likeness (QED) is 0.784. The number of hydrogen-bond acceptors (Lipinski definition) is 4. The monoisotopic (exact) mass is 279 g/mol. The highest BCUT2D eigenvalue weighted by atomic mass is 16.5. The molecule has 0 radical (unpaired) electrons. The Kier molecular flexibility index (Phi) is 4.42. The molecule has 1 aliphatic rings. The number of piperidine rings is 1. The molecule has 6 nitrogen and oxygen atoms in total. The Bertz CT molecular complexity index is 510. The van der Waals surface area contributed by atoms with Gasteiger partial charge in [-0.15, -0.1) is 0 Å². The van der Waals surface area contributed by atoms with Gasteiger partial charge in [-0.25, -0.2) is 4.79 Å². The summed E-state index contributed by atoms with van der Waals surface area (Å²) in [6, 6.07) is 1.30. The second kappa shape index (κ2) is 6.07. The number of aromatic nitrogens is 2. The van der Waals surface area contributed by atoms with E-state index < -0.39 is 6.04 Å². The minimum absolute atomic E-state index is 0.137. The maximum Gasteiger partial charge on any atom is 0.328 e. The van der Waals surface area contributed by atoms with Crippen LogP contribution in [0.2, 0.25) is 0 Å². The third kappa shape index (κ3) is 2.69. The first-order valence-electron chi connectivity index (χ1n) is 7.01. The molecule has 0 spiro atoms. The third-order valence-corrected chi connectivity index (χ3v) is 3.66. The number of aryl methyl sites for hydroxylation is 2. The van der Waals surface area contributed by atoms with Gasteiger partial charge < -0.3 is 9.64 Å². The van der Waals surface area contributed by atoms with Crippen molar-refractivity contribution < 1.29 is 14.3 Å². The molecule has 6 heteroatoms. The van der Waals surface area contributed by atoms with Crippen LogP contribution in [-0.2, 0) is 16.1 Å². The van der Waals surface area contributed by atoms with E-state index in [1.54, 1.807) is 15.6 Å². The number of hydrogen-bond donors (Lipinski definition) is 0. The first kappa shape index (κ1) is 14.6. The van der Waals surface area contributed by atoms with Gasteiger partial charge >= 0.3 is 5.97 Å². The van der Waals surface area contributed by atoms with Crippen LogP contribution in [0.4, 0.5) is 0 Å². The van der Waals surface area contributed by atoms with Crippen LogP contribution in [0.15, 0.2) is 6.07 Å². The molecule has 0 saturated carbocycles. The molecule has 1 aromatic rings. The van der Waals surface area contributed by atoms with Gasteiger partial charge in [-0.2, -0.15) is 5.10 Å². The summed E-state index contributed by atoms with van der Waals surface area (Å²) in [5, 5.41) is 4.29. The van der Waals surface area contributed by atoms with Crippen molar-refractivity contribution in [2.24, 2.45) is 0 Å². The van der Waals surface area contributed by atoms with Crippen molar-refractivity contribution in [2.45, 2.75) is 45.7 Å². The smallest absolute Gasteiger partial charge is 0.328 e. The van der Waals surface area contributed by atoms with E-state index in [9.17, 15) is 9.59 Å². The summed E-state index contributed by atoms with van der Waals surface area (Å²) in [6.45, 7) is 5.02. The molecule has 1 aromatic heterocycles. The van der Waals surface area contributed by atoms with Gasteiger partial charge in [0.15, 0.2) is 0 Å². The largest absolute Gasteiger partial charge is 0.467 e. The first-order chi connectivity index (χ1) is 9.58. The SMILES string of the molecule is CCn1nc(C)cc1C(=O)N1CCCCC1C(=O)OC. The molecule has 1 unspecified atom stereocenters. The zero-order valence-electron chi connectivity index (χ0n) is 12.3. The molecule has 1 fully saturated rings. The summed E-state index contributed by atoms with van der Waals surface area (Å²) < 4.78 is 6.49. The first-order valence-corrected chi connectivity index (χ1v) is 7.01. The minimum Gasteiger partial charge on any atom is -0.467 e. The molecule has 20 heavy (non-hydrogen) atoms. The van der Waals surface area contributed by atoms with Crippen LogP contribution >= 0.6 is 0 Å². The fraction of sp³-hybridized carbons (Fsp3) is 0.643. The van der Waals surface area contributed by atoms with Crippen LogP contribution < -0.4 is 0 Å². The minimum atomic E-state index is -0.471. The highest BCUT2D eigenvalue weighted by Gasteiger charge is 2.34. The predicted molar refractivity (Wildman–Crippen MR) is 73.3 cm³/mol. The number of likely N-dealkylation sites (tertiary alicyclic amines) is 1. The Labute approximate surface area is 118 Å². The number of carbonyl (C=O) groups excluding carboxylic acids is 2. The molecule has 2 heterocycles. The normalized spacial score (nSPS) is 18.9. The number of rotatable bonds is 3. The summed E-state index contributed by atoms with van der Waals surface area (Å²) in [5.74, 6) is -0.472. The van der Waals surface area contributed by atoms with E-state index in [4.69, 9.17) is 4.74 Å². The third-order valence-electron chi connectivity index (χ3n) is 3.66. The molecule has 110 valence electrons. The standard InChI is InChI=1S/C14H21N3O3/c1-4-17-12(9-10(2)15-17)13(18)16-8-6-5-7-11(16)14(19)20-3/h9,11H,4-8H2,1-3H3. The molecular weight excluding hydrogens is 258 g/mol. The average Bonchev–Trinajstić information content (AvgIpc) is 2.86. The van der Waals surface area contributed by atoms with Crippen molar-refractivity contribution in [1.82, 2.24) is 14.7 Å². The van der Waals surface area contributed by atoms with Crippen molar-refractivity contribution in [3.05, 3.63) is 17.5 Å². The average molecular weight is 279 g/mol. The molecule has 2 rings (SSSR count). The highest BCUT2D eigenvalue weighted by Crippen LogP contribution is 2.21. The fourth-order valence-electron chi connectivity index (χ4n) is 2.66. The van der Waals surface area contributed by atoms with Gasteiger partial charge in [-0.1, -0.05) is 0 Å². The van der Waals surface area contributed by atoms with Crippen LogP contribution in [0.3, 0.4) is 0 Å². The van der Waals surface area contributed by atoms with Crippen molar-refractivity contribution in [1.29, 1.82) is 0 Å². The molecular formula is C14H21N3O3. The van der Waals surface area contributed by atoms with Crippen molar-refractivity contribution >= 4 is 11.9 Å². The van der Waals surface area contributed by atoms with Gasteiger partial charge in [0.2, 0.25) is 0 Å². The maximum atomic E-state index is 12.7. The molecule has 0 aliphatic carbocycles. The lowest BCUT2D eigenvalue weighted by molar-refractivity contribution is -0.147. The maximum absolute atomic E-state index is 12.7. The van der Waals surface area contributed by atoms with Crippen LogP contribution in [0.1, 0.15) is 42.4 Å². The molecule has 1 amide bonds. The van der Waals surface area contributed by atoms with Gasteiger partial charge in [0.25, 0.3) is 5.91 Å². The molecule has 0 bridgehead atoms. The van der Waals surface area contributed by atoms with Crippen molar-refractivity contribution in [3.8, 4) is 0 Å². The fourth-order valence-corrected chi connectivity index (χ4v) is 2.66. The van der Waals surface area contributed by atoms with E-state index in [1.165, 1.54) is 7.11 Å². The van der Waals surface area contributed by atoms with Crippen LogP contribution in [0.5, 0.6) is 0 Å². The molecule has 0 N–H and O–H groups in total. The zero-order chi connectivity index (χ0) is 14.7. The Morgan fingerprint density at radius 1 is 1.45 bits per heavy atom.